The summed E-state index contributed by atoms with van der Waals surface area (Å²) in [4.78, 5) is 12.0. The molecule has 98 valence electrons. The van der Waals surface area contributed by atoms with Crippen LogP contribution in [-0.2, 0) is 13.2 Å². The van der Waals surface area contributed by atoms with Crippen LogP contribution in [0, 0.1) is 0 Å². The number of hydrogen-bond acceptors (Lipinski definition) is 4. The number of esters is 1. The van der Waals surface area contributed by atoms with Crippen LogP contribution in [0.5, 0.6) is 5.75 Å². The second-order valence-corrected chi connectivity index (χ2v) is 3.97. The number of carbonyl (C=O) groups is 1. The van der Waals surface area contributed by atoms with Gasteiger partial charge in [-0.2, -0.15) is 0 Å². The molecule has 0 spiro atoms. The van der Waals surface area contributed by atoms with E-state index in [4.69, 9.17) is 4.74 Å². The minimum absolute atomic E-state index is 0.203. The Hall–Kier alpha value is -2.17. The third kappa shape index (κ3) is 2.99. The van der Waals surface area contributed by atoms with Crippen molar-refractivity contribution in [3.05, 3.63) is 65.2 Å². The first kappa shape index (κ1) is 13.3. The summed E-state index contributed by atoms with van der Waals surface area (Å²) in [6, 6.07) is 13.5. The van der Waals surface area contributed by atoms with Crippen molar-refractivity contribution in [2.75, 3.05) is 0 Å². The summed E-state index contributed by atoms with van der Waals surface area (Å²) in [5.74, 6) is -0.228. The number of aliphatic hydroxyl groups is 2. The standard InChI is InChI=1S/C15H14O4/c16-9-11-5-1-3-7-13(11)15(18)19-14-8-4-2-6-12(14)10-17/h1-8,16-17H,9-10H2. The third-order valence-electron chi connectivity index (χ3n) is 2.75. The van der Waals surface area contributed by atoms with Gasteiger partial charge in [-0.3, -0.25) is 0 Å². The minimum Gasteiger partial charge on any atom is -0.423 e. The molecule has 19 heavy (non-hydrogen) atoms. The molecule has 4 heteroatoms. The number of rotatable bonds is 4. The maximum absolute atomic E-state index is 12.0. The SMILES string of the molecule is O=C(Oc1ccccc1CO)c1ccccc1CO. The highest BCUT2D eigenvalue weighted by Crippen LogP contribution is 2.20. The van der Waals surface area contributed by atoms with E-state index in [0.29, 0.717) is 22.4 Å². The fourth-order valence-electron chi connectivity index (χ4n) is 1.75. The predicted octanol–water partition coefficient (Wildman–Crippen LogP) is 1.89. The quantitative estimate of drug-likeness (QED) is 0.649. The molecule has 0 aliphatic rings. The molecule has 0 heterocycles. The van der Waals surface area contributed by atoms with Gasteiger partial charge in [0.25, 0.3) is 0 Å². The Bertz CT molecular complexity index is 578. The highest BCUT2D eigenvalue weighted by molar-refractivity contribution is 5.92. The van der Waals surface area contributed by atoms with E-state index in [1.807, 2.05) is 0 Å². The van der Waals surface area contributed by atoms with Gasteiger partial charge in [-0.25, -0.2) is 4.79 Å². The molecule has 2 N–H and O–H groups in total. The molecule has 0 aliphatic carbocycles. The maximum atomic E-state index is 12.0. The van der Waals surface area contributed by atoms with E-state index in [1.54, 1.807) is 48.5 Å². The van der Waals surface area contributed by atoms with Gasteiger partial charge in [0, 0.05) is 5.56 Å². The first-order valence-electron chi connectivity index (χ1n) is 5.86. The van der Waals surface area contributed by atoms with Crippen molar-refractivity contribution in [1.29, 1.82) is 0 Å². The van der Waals surface area contributed by atoms with Crippen LogP contribution >= 0.6 is 0 Å². The van der Waals surface area contributed by atoms with Crippen LogP contribution in [-0.4, -0.2) is 16.2 Å². The van der Waals surface area contributed by atoms with Gasteiger partial charge in [0.2, 0.25) is 0 Å². The van der Waals surface area contributed by atoms with Gasteiger partial charge in [0.05, 0.1) is 18.8 Å². The van der Waals surface area contributed by atoms with E-state index in [2.05, 4.69) is 0 Å². The van der Waals surface area contributed by atoms with Crippen molar-refractivity contribution in [2.45, 2.75) is 13.2 Å². The summed E-state index contributed by atoms with van der Waals surface area (Å²) in [5.41, 5.74) is 1.36. The monoisotopic (exact) mass is 258 g/mol. The largest absolute Gasteiger partial charge is 0.423 e. The second kappa shape index (κ2) is 6.13. The van der Waals surface area contributed by atoms with Crippen LogP contribution in [0.25, 0.3) is 0 Å². The van der Waals surface area contributed by atoms with Crippen LogP contribution in [0.15, 0.2) is 48.5 Å². The molecule has 2 aromatic carbocycles. The zero-order valence-corrected chi connectivity index (χ0v) is 10.2. The molecular weight excluding hydrogens is 244 g/mol. The maximum Gasteiger partial charge on any atom is 0.343 e. The molecule has 0 atom stereocenters. The van der Waals surface area contributed by atoms with E-state index in [0.717, 1.165) is 0 Å². The van der Waals surface area contributed by atoms with Gasteiger partial charge in [0.1, 0.15) is 5.75 Å². The van der Waals surface area contributed by atoms with E-state index in [-0.39, 0.29) is 13.2 Å². The lowest BCUT2D eigenvalue weighted by molar-refractivity contribution is 0.0727. The molecule has 2 rings (SSSR count). The molecule has 0 aliphatic heterocycles. The lowest BCUT2D eigenvalue weighted by Crippen LogP contribution is -2.12. The van der Waals surface area contributed by atoms with Gasteiger partial charge in [-0.15, -0.1) is 0 Å². The molecule has 0 unspecified atom stereocenters. The molecular formula is C15H14O4. The van der Waals surface area contributed by atoms with Crippen molar-refractivity contribution in [2.24, 2.45) is 0 Å². The van der Waals surface area contributed by atoms with Crippen molar-refractivity contribution in [3.8, 4) is 5.75 Å². The average Bonchev–Trinajstić information content (AvgIpc) is 2.47. The molecule has 0 radical (unpaired) electrons. The highest BCUT2D eigenvalue weighted by atomic mass is 16.5. The molecule has 0 amide bonds. The fraction of sp³-hybridized carbons (Fsp3) is 0.133. The van der Waals surface area contributed by atoms with E-state index in [9.17, 15) is 15.0 Å². The van der Waals surface area contributed by atoms with Gasteiger partial charge in [-0.1, -0.05) is 36.4 Å². The van der Waals surface area contributed by atoms with Crippen LogP contribution < -0.4 is 4.74 Å². The predicted molar refractivity (Wildman–Crippen MR) is 69.7 cm³/mol. The first-order valence-corrected chi connectivity index (χ1v) is 5.86. The van der Waals surface area contributed by atoms with Crippen molar-refractivity contribution >= 4 is 5.97 Å². The van der Waals surface area contributed by atoms with Crippen LogP contribution in [0.2, 0.25) is 0 Å². The summed E-state index contributed by atoms with van der Waals surface area (Å²) < 4.78 is 5.25. The summed E-state index contributed by atoms with van der Waals surface area (Å²) in [6.07, 6.45) is 0. The van der Waals surface area contributed by atoms with E-state index in [1.165, 1.54) is 0 Å². The Labute approximate surface area is 110 Å². The second-order valence-electron chi connectivity index (χ2n) is 3.97. The number of ether oxygens (including phenoxy) is 1. The molecule has 0 fully saturated rings. The van der Waals surface area contributed by atoms with E-state index < -0.39 is 5.97 Å². The van der Waals surface area contributed by atoms with Crippen LogP contribution in [0.3, 0.4) is 0 Å². The molecule has 0 saturated heterocycles. The molecule has 0 aromatic heterocycles. The zero-order valence-electron chi connectivity index (χ0n) is 10.2. The molecule has 0 saturated carbocycles. The number of para-hydroxylation sites is 1. The van der Waals surface area contributed by atoms with Gasteiger partial charge >= 0.3 is 5.97 Å². The first-order chi connectivity index (χ1) is 9.26. The Morgan fingerprint density at radius 1 is 0.895 bits per heavy atom. The smallest absolute Gasteiger partial charge is 0.343 e. The van der Waals surface area contributed by atoms with Crippen molar-refractivity contribution in [3.63, 3.8) is 0 Å². The minimum atomic E-state index is -0.550. The van der Waals surface area contributed by atoms with Crippen LogP contribution in [0.1, 0.15) is 21.5 Å². The molecule has 2 aromatic rings. The Morgan fingerprint density at radius 3 is 2.16 bits per heavy atom. The Kier molecular flexibility index (Phi) is 4.28. The normalized spacial score (nSPS) is 10.2. The van der Waals surface area contributed by atoms with Crippen molar-refractivity contribution < 1.29 is 19.7 Å². The number of carbonyl (C=O) groups excluding carboxylic acids is 1. The Morgan fingerprint density at radius 2 is 1.47 bits per heavy atom. The number of aliphatic hydroxyl groups excluding tert-OH is 2. The third-order valence-corrected chi connectivity index (χ3v) is 2.75. The fourth-order valence-corrected chi connectivity index (χ4v) is 1.75. The van der Waals surface area contributed by atoms with Gasteiger partial charge in [-0.05, 0) is 17.7 Å². The Balaban J connectivity index is 2.26. The number of hydrogen-bond donors (Lipinski definition) is 2. The summed E-state index contributed by atoms with van der Waals surface area (Å²) >= 11 is 0. The van der Waals surface area contributed by atoms with Gasteiger partial charge in [0.15, 0.2) is 0 Å². The van der Waals surface area contributed by atoms with Crippen LogP contribution in [0.4, 0.5) is 0 Å². The molecule has 0 bridgehead atoms. The summed E-state index contributed by atoms with van der Waals surface area (Å²) in [6.45, 7) is -0.433. The summed E-state index contributed by atoms with van der Waals surface area (Å²) in [7, 11) is 0. The van der Waals surface area contributed by atoms with Gasteiger partial charge < -0.3 is 14.9 Å². The lowest BCUT2D eigenvalue weighted by Gasteiger charge is -2.10. The molecule has 4 nitrogen and oxygen atoms in total. The number of benzene rings is 2. The van der Waals surface area contributed by atoms with E-state index >= 15 is 0 Å². The summed E-state index contributed by atoms with van der Waals surface area (Å²) in [5, 5.41) is 18.4. The lowest BCUT2D eigenvalue weighted by atomic mass is 10.1. The zero-order chi connectivity index (χ0) is 13.7. The average molecular weight is 258 g/mol. The van der Waals surface area contributed by atoms with Crippen molar-refractivity contribution in [1.82, 2.24) is 0 Å². The topological polar surface area (TPSA) is 66.8 Å². The highest BCUT2D eigenvalue weighted by Gasteiger charge is 2.14.